The lowest BCUT2D eigenvalue weighted by atomic mass is 10.0. The highest BCUT2D eigenvalue weighted by atomic mass is 32.2. The van der Waals surface area contributed by atoms with Gasteiger partial charge in [-0.1, -0.05) is 24.4 Å². The Morgan fingerprint density at radius 3 is 2.52 bits per heavy atom. The Morgan fingerprint density at radius 1 is 1.24 bits per heavy atom. The monoisotopic (exact) mass is 452 g/mol. The predicted octanol–water partition coefficient (Wildman–Crippen LogP) is 3.23. The van der Waals surface area contributed by atoms with Crippen LogP contribution in [0.2, 0.25) is 0 Å². The van der Waals surface area contributed by atoms with E-state index in [1.54, 1.807) is 12.1 Å². The number of esters is 1. The van der Waals surface area contributed by atoms with Crippen molar-refractivity contribution in [2.75, 3.05) is 32.0 Å². The fraction of sp³-hybridized carbons (Fsp3) is 0.400. The number of anilines is 1. The number of nitrogens with one attached hydrogen (secondary N) is 1. The van der Waals surface area contributed by atoms with Gasteiger partial charge in [-0.05, 0) is 63.3 Å². The summed E-state index contributed by atoms with van der Waals surface area (Å²) >= 11 is 7.06. The van der Waals surface area contributed by atoms with E-state index in [1.807, 2.05) is 23.9 Å². The second-order valence-electron chi connectivity index (χ2n) is 7.03. The zero-order valence-electron chi connectivity index (χ0n) is 16.3. The number of thioether (sulfide) groups is 1. The number of methoxy groups -OCH3 is 1. The van der Waals surface area contributed by atoms with E-state index in [0.717, 1.165) is 30.8 Å². The maximum atomic E-state index is 12.8. The Bertz CT molecular complexity index is 931. The Kier molecular flexibility index (Phi) is 7.15. The highest BCUT2D eigenvalue weighted by Gasteiger charge is 2.32. The van der Waals surface area contributed by atoms with Gasteiger partial charge >= 0.3 is 5.97 Å². The average molecular weight is 453 g/mol. The standard InChI is InChI=1S/C20H24N2O4S3/c1-22-12-10-16(11-13-22)28-15-8-6-14(7-9-15)21-29(24,25)18-5-3-4-17(19(18)27)20(23)26-2/h3-9,16-17,21H,10-13H2,1-2H3. The molecule has 0 radical (unpaired) electrons. The summed E-state index contributed by atoms with van der Waals surface area (Å²) in [6.45, 7) is 2.21. The van der Waals surface area contributed by atoms with Crippen LogP contribution < -0.4 is 4.72 Å². The van der Waals surface area contributed by atoms with Crippen LogP contribution >= 0.6 is 24.0 Å². The van der Waals surface area contributed by atoms with E-state index in [9.17, 15) is 13.2 Å². The number of benzene rings is 1. The van der Waals surface area contributed by atoms with Crippen molar-refractivity contribution in [2.24, 2.45) is 5.92 Å². The Morgan fingerprint density at radius 2 is 1.90 bits per heavy atom. The fourth-order valence-electron chi connectivity index (χ4n) is 3.22. The van der Waals surface area contributed by atoms with Gasteiger partial charge in [0, 0.05) is 15.8 Å². The molecule has 1 aliphatic carbocycles. The molecule has 1 fully saturated rings. The van der Waals surface area contributed by atoms with Gasteiger partial charge in [-0.25, -0.2) is 8.42 Å². The van der Waals surface area contributed by atoms with E-state index < -0.39 is 21.9 Å². The lowest BCUT2D eigenvalue weighted by Gasteiger charge is -2.28. The molecule has 6 nitrogen and oxygen atoms in total. The number of nitrogens with zero attached hydrogens (tertiary/aromatic N) is 1. The molecule has 0 aromatic heterocycles. The number of carbonyl (C=O) groups is 1. The summed E-state index contributed by atoms with van der Waals surface area (Å²) in [6.07, 6.45) is 6.73. The third kappa shape index (κ3) is 5.48. The van der Waals surface area contributed by atoms with Crippen LogP contribution in [-0.4, -0.2) is 56.6 Å². The number of sulfonamides is 1. The molecule has 1 N–H and O–H groups in total. The van der Waals surface area contributed by atoms with Crippen LogP contribution in [0.15, 0.2) is 52.3 Å². The van der Waals surface area contributed by atoms with Crippen LogP contribution in [0.4, 0.5) is 5.69 Å². The summed E-state index contributed by atoms with van der Waals surface area (Å²) in [5, 5.41) is 0.584. The van der Waals surface area contributed by atoms with Crippen molar-refractivity contribution >= 4 is 50.5 Å². The third-order valence-corrected chi connectivity index (χ3v) is 8.29. The first kappa shape index (κ1) is 22.0. The number of allylic oxidation sites excluding steroid dienone is 3. The molecule has 29 heavy (non-hydrogen) atoms. The normalized spacial score (nSPS) is 21.0. The van der Waals surface area contributed by atoms with Crippen LogP contribution in [0, 0.1) is 5.92 Å². The van der Waals surface area contributed by atoms with Gasteiger partial charge in [0.2, 0.25) is 0 Å². The zero-order valence-corrected chi connectivity index (χ0v) is 18.8. The quantitative estimate of drug-likeness (QED) is 0.525. The average Bonchev–Trinajstić information content (AvgIpc) is 2.70. The maximum Gasteiger partial charge on any atom is 0.317 e. The molecule has 0 bridgehead atoms. The minimum absolute atomic E-state index is 0.0290. The fourth-order valence-corrected chi connectivity index (χ4v) is 6.12. The highest BCUT2D eigenvalue weighted by molar-refractivity contribution is 8.00. The van der Waals surface area contributed by atoms with Gasteiger partial charge in [0.15, 0.2) is 0 Å². The summed E-state index contributed by atoms with van der Waals surface area (Å²) in [5.74, 6) is -1.46. The number of rotatable bonds is 6. The van der Waals surface area contributed by atoms with Crippen molar-refractivity contribution in [3.8, 4) is 0 Å². The number of carbonyl (C=O) groups excluding carboxylic acids is 1. The second kappa shape index (κ2) is 9.42. The first-order valence-electron chi connectivity index (χ1n) is 9.29. The van der Waals surface area contributed by atoms with E-state index in [2.05, 4.69) is 16.7 Å². The molecule has 1 aliphatic heterocycles. The topological polar surface area (TPSA) is 75.7 Å². The van der Waals surface area contributed by atoms with Crippen molar-refractivity contribution < 1.29 is 17.9 Å². The second-order valence-corrected chi connectivity index (χ2v) is 10.5. The van der Waals surface area contributed by atoms with Gasteiger partial charge < -0.3 is 9.64 Å². The zero-order chi connectivity index (χ0) is 21.0. The lowest BCUT2D eigenvalue weighted by Crippen LogP contribution is -2.31. The first-order chi connectivity index (χ1) is 13.8. The van der Waals surface area contributed by atoms with Gasteiger partial charge in [0.1, 0.15) is 10.8 Å². The van der Waals surface area contributed by atoms with E-state index in [-0.39, 0.29) is 9.77 Å². The Balaban J connectivity index is 1.66. The molecule has 1 heterocycles. The number of hydrogen-bond acceptors (Lipinski definition) is 7. The molecule has 1 aromatic rings. The molecule has 0 amide bonds. The van der Waals surface area contributed by atoms with Gasteiger partial charge in [-0.2, -0.15) is 0 Å². The van der Waals surface area contributed by atoms with Crippen LogP contribution in [0.1, 0.15) is 12.8 Å². The van der Waals surface area contributed by atoms with E-state index in [0.29, 0.717) is 10.9 Å². The largest absolute Gasteiger partial charge is 0.468 e. The molecule has 1 saturated heterocycles. The van der Waals surface area contributed by atoms with Crippen LogP contribution in [0.25, 0.3) is 0 Å². The van der Waals surface area contributed by atoms with Gasteiger partial charge in [-0.15, -0.1) is 11.8 Å². The molecule has 2 aliphatic rings. The van der Waals surface area contributed by atoms with Gasteiger partial charge in [-0.3, -0.25) is 9.52 Å². The minimum atomic E-state index is -3.91. The van der Waals surface area contributed by atoms with Crippen molar-refractivity contribution in [1.82, 2.24) is 4.90 Å². The SMILES string of the molecule is COC(=O)C1C=CC=C(S(=O)(=O)Nc2ccc(SC3CCN(C)CC3)cc2)C1=S. The molecular formula is C20H24N2O4S3. The van der Waals surface area contributed by atoms with Crippen LogP contribution in [-0.2, 0) is 19.6 Å². The Labute approximate surface area is 181 Å². The molecule has 1 unspecified atom stereocenters. The number of likely N-dealkylation sites (tertiary alicyclic amines) is 1. The molecule has 9 heteroatoms. The van der Waals surface area contributed by atoms with Crippen molar-refractivity contribution in [3.05, 3.63) is 47.4 Å². The predicted molar refractivity (Wildman–Crippen MR) is 121 cm³/mol. The molecule has 1 aromatic carbocycles. The Hall–Kier alpha value is -1.68. The molecule has 3 rings (SSSR count). The van der Waals surface area contributed by atoms with Crippen LogP contribution in [0.3, 0.4) is 0 Å². The van der Waals surface area contributed by atoms with E-state index in [1.165, 1.54) is 25.3 Å². The van der Waals surface area contributed by atoms with Gasteiger partial charge in [0.25, 0.3) is 10.0 Å². The first-order valence-corrected chi connectivity index (χ1v) is 12.1. The summed E-state index contributed by atoms with van der Waals surface area (Å²) < 4.78 is 32.8. The number of hydrogen-bond donors (Lipinski definition) is 1. The molecule has 1 atom stereocenters. The minimum Gasteiger partial charge on any atom is -0.468 e. The summed E-state index contributed by atoms with van der Waals surface area (Å²) in [6, 6.07) is 7.33. The molecular weight excluding hydrogens is 428 g/mol. The van der Waals surface area contributed by atoms with Crippen molar-refractivity contribution in [3.63, 3.8) is 0 Å². The van der Waals surface area contributed by atoms with Crippen molar-refractivity contribution in [1.29, 1.82) is 0 Å². The highest BCUT2D eigenvalue weighted by Crippen LogP contribution is 2.31. The summed E-state index contributed by atoms with van der Waals surface area (Å²) in [5.41, 5.74) is 0.450. The molecule has 0 spiro atoms. The molecule has 0 saturated carbocycles. The smallest absolute Gasteiger partial charge is 0.317 e. The van der Waals surface area contributed by atoms with E-state index in [4.69, 9.17) is 17.0 Å². The number of piperidine rings is 1. The summed E-state index contributed by atoms with van der Waals surface area (Å²) in [4.78, 5) is 15.2. The number of ether oxygens (including phenoxy) is 1. The number of thiocarbonyl (C=S) groups is 1. The third-order valence-electron chi connectivity index (χ3n) is 4.90. The van der Waals surface area contributed by atoms with Crippen molar-refractivity contribution in [2.45, 2.75) is 23.0 Å². The van der Waals surface area contributed by atoms with E-state index >= 15 is 0 Å². The maximum absolute atomic E-state index is 12.8. The van der Waals surface area contributed by atoms with Gasteiger partial charge in [0.05, 0.1) is 12.0 Å². The van der Waals surface area contributed by atoms with Crippen LogP contribution in [0.5, 0.6) is 0 Å². The summed E-state index contributed by atoms with van der Waals surface area (Å²) in [7, 11) is -0.526. The lowest BCUT2D eigenvalue weighted by molar-refractivity contribution is -0.141. The molecule has 156 valence electrons.